The number of amides is 1. The summed E-state index contributed by atoms with van der Waals surface area (Å²) in [4.78, 5) is 28.8. The Hall–Kier alpha value is -3.95. The molecule has 4 aromatic rings. The van der Waals surface area contributed by atoms with E-state index in [-0.39, 0.29) is 11.8 Å². The Morgan fingerprint density at radius 3 is 2.81 bits per heavy atom. The second kappa shape index (κ2) is 7.38. The van der Waals surface area contributed by atoms with Crippen molar-refractivity contribution >= 4 is 34.3 Å². The van der Waals surface area contributed by atoms with E-state index in [0.29, 0.717) is 34.2 Å². The maximum Gasteiger partial charge on any atom is 0.228 e. The van der Waals surface area contributed by atoms with Gasteiger partial charge in [-0.25, -0.2) is 15.0 Å². The Kier molecular flexibility index (Phi) is 4.54. The molecular weight excluding hydrogens is 396 g/mol. The van der Waals surface area contributed by atoms with Gasteiger partial charge in [0.25, 0.3) is 0 Å². The number of aromatic amines is 1. The smallest absolute Gasteiger partial charge is 0.228 e. The maximum absolute atomic E-state index is 12.3. The Morgan fingerprint density at radius 2 is 2.10 bits per heavy atom. The first-order valence-electron chi connectivity index (χ1n) is 10.00. The van der Waals surface area contributed by atoms with Crippen LogP contribution in [0.5, 0.6) is 5.75 Å². The van der Waals surface area contributed by atoms with Crippen LogP contribution in [0.3, 0.4) is 0 Å². The SMILES string of the molecule is COc1c(Nc2cc(NC(=O)C3CC3)nc3[nH]c(C)nc23)cccc1-c1ncn(C)n1. The molecule has 158 valence electrons. The third-order valence-corrected chi connectivity index (χ3v) is 5.10. The Balaban J connectivity index is 1.56. The molecule has 1 aromatic carbocycles. The highest BCUT2D eigenvalue weighted by Crippen LogP contribution is 2.38. The number of H-pyrrole nitrogens is 1. The highest BCUT2D eigenvalue weighted by molar-refractivity contribution is 5.97. The van der Waals surface area contributed by atoms with Gasteiger partial charge in [-0.3, -0.25) is 9.48 Å². The summed E-state index contributed by atoms with van der Waals surface area (Å²) < 4.78 is 7.34. The van der Waals surface area contributed by atoms with Crippen LogP contribution >= 0.6 is 0 Å². The van der Waals surface area contributed by atoms with Crippen molar-refractivity contribution in [1.82, 2.24) is 29.7 Å². The van der Waals surface area contributed by atoms with Gasteiger partial charge in [-0.1, -0.05) is 6.07 Å². The standard InChI is InChI=1S/C21H22N8O2/c1-11-23-17-15(9-16(26-20(17)24-11)27-21(30)12-7-8-12)25-14-6-4-5-13(18(14)31-3)19-22-10-29(2)28-19/h4-6,9-10,12H,7-8H2,1-3H3,(H3,23,24,25,26,27,30). The van der Waals surface area contributed by atoms with E-state index in [9.17, 15) is 4.79 Å². The van der Waals surface area contributed by atoms with Gasteiger partial charge in [0.05, 0.1) is 24.0 Å². The summed E-state index contributed by atoms with van der Waals surface area (Å²) in [5, 5.41) is 10.7. The van der Waals surface area contributed by atoms with E-state index in [0.717, 1.165) is 29.9 Å². The van der Waals surface area contributed by atoms with Crippen molar-refractivity contribution in [2.24, 2.45) is 13.0 Å². The molecule has 3 heterocycles. The number of pyridine rings is 1. The van der Waals surface area contributed by atoms with Gasteiger partial charge in [-0.15, -0.1) is 0 Å². The van der Waals surface area contributed by atoms with Crippen LogP contribution in [0.25, 0.3) is 22.6 Å². The highest BCUT2D eigenvalue weighted by Gasteiger charge is 2.30. The van der Waals surface area contributed by atoms with Gasteiger partial charge >= 0.3 is 0 Å². The fourth-order valence-corrected chi connectivity index (χ4v) is 3.48. The topological polar surface area (TPSA) is 123 Å². The lowest BCUT2D eigenvalue weighted by Crippen LogP contribution is -2.14. The van der Waals surface area contributed by atoms with Crippen LogP contribution in [-0.4, -0.2) is 42.7 Å². The largest absolute Gasteiger partial charge is 0.494 e. The van der Waals surface area contributed by atoms with Gasteiger partial charge in [0.1, 0.15) is 23.5 Å². The highest BCUT2D eigenvalue weighted by atomic mass is 16.5. The van der Waals surface area contributed by atoms with Crippen LogP contribution in [0.1, 0.15) is 18.7 Å². The molecule has 1 aliphatic carbocycles. The van der Waals surface area contributed by atoms with Gasteiger partial charge in [0.2, 0.25) is 5.91 Å². The van der Waals surface area contributed by atoms with Gasteiger partial charge in [-0.05, 0) is 31.9 Å². The fraction of sp³-hybridized carbons (Fsp3) is 0.286. The fourth-order valence-electron chi connectivity index (χ4n) is 3.48. The molecule has 0 radical (unpaired) electrons. The summed E-state index contributed by atoms with van der Waals surface area (Å²) in [6, 6.07) is 7.50. The van der Waals surface area contributed by atoms with Crippen LogP contribution in [0.15, 0.2) is 30.6 Å². The average molecular weight is 418 g/mol. The van der Waals surface area contributed by atoms with Crippen molar-refractivity contribution in [3.8, 4) is 17.1 Å². The van der Waals surface area contributed by atoms with Crippen LogP contribution in [0.4, 0.5) is 17.2 Å². The second-order valence-corrected chi connectivity index (χ2v) is 7.59. The molecule has 0 bridgehead atoms. The van der Waals surface area contributed by atoms with Crippen molar-refractivity contribution in [1.29, 1.82) is 0 Å². The number of benzene rings is 1. The molecular formula is C21H22N8O2. The zero-order chi connectivity index (χ0) is 21.5. The molecule has 3 N–H and O–H groups in total. The number of carbonyl (C=O) groups is 1. The Bertz CT molecular complexity index is 1290. The number of rotatable bonds is 6. The number of nitrogens with one attached hydrogen (secondary N) is 3. The summed E-state index contributed by atoms with van der Waals surface area (Å²) in [5.74, 6) is 2.45. The number of para-hydroxylation sites is 1. The molecule has 1 fully saturated rings. The predicted octanol–water partition coefficient (Wildman–Crippen LogP) is 3.16. The first-order valence-corrected chi connectivity index (χ1v) is 10.00. The number of anilines is 3. The number of ether oxygens (including phenoxy) is 1. The average Bonchev–Trinajstić information content (AvgIpc) is 3.40. The maximum atomic E-state index is 12.3. The molecule has 0 unspecified atom stereocenters. The van der Waals surface area contributed by atoms with E-state index in [1.807, 2.05) is 32.2 Å². The second-order valence-electron chi connectivity index (χ2n) is 7.59. The number of hydrogen-bond donors (Lipinski definition) is 3. The molecule has 0 spiro atoms. The van der Waals surface area contributed by atoms with Crippen molar-refractivity contribution < 1.29 is 9.53 Å². The molecule has 31 heavy (non-hydrogen) atoms. The van der Waals surface area contributed by atoms with Crippen molar-refractivity contribution in [2.45, 2.75) is 19.8 Å². The molecule has 10 nitrogen and oxygen atoms in total. The number of imidazole rings is 1. The van der Waals surface area contributed by atoms with E-state index < -0.39 is 0 Å². The van der Waals surface area contributed by atoms with Gasteiger partial charge in [-0.2, -0.15) is 5.10 Å². The summed E-state index contributed by atoms with van der Waals surface area (Å²) in [5.41, 5.74) is 3.45. The number of methoxy groups -OCH3 is 1. The number of carbonyl (C=O) groups excluding carboxylic acids is 1. The predicted molar refractivity (Wildman–Crippen MR) is 116 cm³/mol. The third kappa shape index (κ3) is 3.67. The van der Waals surface area contributed by atoms with E-state index in [1.54, 1.807) is 24.2 Å². The molecule has 3 aromatic heterocycles. The van der Waals surface area contributed by atoms with Gasteiger partial charge in [0, 0.05) is 19.0 Å². The minimum Gasteiger partial charge on any atom is -0.494 e. The van der Waals surface area contributed by atoms with Crippen molar-refractivity contribution in [3.63, 3.8) is 0 Å². The summed E-state index contributed by atoms with van der Waals surface area (Å²) in [6.07, 6.45) is 3.49. The van der Waals surface area contributed by atoms with Crippen LogP contribution < -0.4 is 15.4 Å². The molecule has 10 heteroatoms. The normalized spacial score (nSPS) is 13.4. The van der Waals surface area contributed by atoms with Gasteiger partial charge < -0.3 is 20.4 Å². The summed E-state index contributed by atoms with van der Waals surface area (Å²) >= 11 is 0. The van der Waals surface area contributed by atoms with E-state index in [4.69, 9.17) is 4.74 Å². The van der Waals surface area contributed by atoms with E-state index in [1.165, 1.54) is 0 Å². The quantitative estimate of drug-likeness (QED) is 0.439. The summed E-state index contributed by atoms with van der Waals surface area (Å²) in [6.45, 7) is 1.86. The lowest BCUT2D eigenvalue weighted by atomic mass is 10.1. The Morgan fingerprint density at radius 1 is 1.26 bits per heavy atom. The van der Waals surface area contributed by atoms with E-state index in [2.05, 4.69) is 35.7 Å². The first kappa shape index (κ1) is 19.0. The first-order chi connectivity index (χ1) is 15.0. The molecule has 0 atom stereocenters. The van der Waals surface area contributed by atoms with Crippen LogP contribution in [-0.2, 0) is 11.8 Å². The number of hydrogen-bond acceptors (Lipinski definition) is 7. The van der Waals surface area contributed by atoms with Crippen molar-refractivity contribution in [3.05, 3.63) is 36.4 Å². The number of nitrogens with zero attached hydrogens (tertiary/aromatic N) is 5. The molecule has 0 saturated heterocycles. The molecule has 5 rings (SSSR count). The minimum absolute atomic E-state index is 0.00478. The van der Waals surface area contributed by atoms with E-state index >= 15 is 0 Å². The number of fused-ring (bicyclic) bond motifs is 1. The summed E-state index contributed by atoms with van der Waals surface area (Å²) in [7, 11) is 3.42. The molecule has 1 saturated carbocycles. The third-order valence-electron chi connectivity index (χ3n) is 5.10. The zero-order valence-electron chi connectivity index (χ0n) is 17.4. The number of aryl methyl sites for hydroxylation is 2. The lowest BCUT2D eigenvalue weighted by molar-refractivity contribution is -0.117. The van der Waals surface area contributed by atoms with Crippen LogP contribution in [0, 0.1) is 12.8 Å². The molecule has 1 aliphatic rings. The van der Waals surface area contributed by atoms with Crippen LogP contribution in [0.2, 0.25) is 0 Å². The number of aromatic nitrogens is 6. The van der Waals surface area contributed by atoms with Crippen molar-refractivity contribution in [2.75, 3.05) is 17.7 Å². The monoisotopic (exact) mass is 418 g/mol. The molecule has 0 aliphatic heterocycles. The lowest BCUT2D eigenvalue weighted by Gasteiger charge is -2.15. The minimum atomic E-state index is -0.00478. The molecule has 1 amide bonds. The van der Waals surface area contributed by atoms with Gasteiger partial charge in [0.15, 0.2) is 17.2 Å². The zero-order valence-corrected chi connectivity index (χ0v) is 17.4. The Labute approximate surface area is 178 Å².